The SMILES string of the molecule is CC(C)n1c(C2CC3CC3C2)nnc1S(=O)(=O)Cl. The largest absolute Gasteiger partial charge is 0.298 e. The molecule has 2 atom stereocenters. The van der Waals surface area contributed by atoms with Crippen LogP contribution in [0.25, 0.3) is 0 Å². The van der Waals surface area contributed by atoms with E-state index in [0.29, 0.717) is 5.92 Å². The number of halogens is 1. The third-order valence-electron chi connectivity index (χ3n) is 4.03. The second-order valence-corrected chi connectivity index (χ2v) is 8.13. The van der Waals surface area contributed by atoms with Crippen molar-refractivity contribution in [1.82, 2.24) is 14.8 Å². The topological polar surface area (TPSA) is 64.8 Å². The fourth-order valence-electron chi connectivity index (χ4n) is 3.14. The summed E-state index contributed by atoms with van der Waals surface area (Å²) >= 11 is 0. The molecular weight excluding hydrogens is 274 g/mol. The van der Waals surface area contributed by atoms with E-state index in [4.69, 9.17) is 10.7 Å². The van der Waals surface area contributed by atoms with Gasteiger partial charge in [-0.25, -0.2) is 8.42 Å². The summed E-state index contributed by atoms with van der Waals surface area (Å²) in [5.74, 6) is 2.78. The zero-order valence-electron chi connectivity index (χ0n) is 10.4. The van der Waals surface area contributed by atoms with Crippen LogP contribution in [-0.2, 0) is 9.05 Å². The molecule has 5 nitrogen and oxygen atoms in total. The summed E-state index contributed by atoms with van der Waals surface area (Å²) in [5.41, 5.74) is 0. The Bertz CT molecular complexity index is 571. The second-order valence-electron chi connectivity index (χ2n) is 5.67. The molecule has 18 heavy (non-hydrogen) atoms. The number of nitrogens with zero attached hydrogens (tertiary/aromatic N) is 3. The highest BCUT2D eigenvalue weighted by molar-refractivity contribution is 8.13. The minimum absolute atomic E-state index is 0.00421. The van der Waals surface area contributed by atoms with E-state index < -0.39 is 9.05 Å². The van der Waals surface area contributed by atoms with Crippen LogP contribution in [-0.4, -0.2) is 23.2 Å². The molecule has 2 aliphatic rings. The number of rotatable bonds is 3. The lowest BCUT2D eigenvalue weighted by molar-refractivity contribution is 0.473. The lowest BCUT2D eigenvalue weighted by Gasteiger charge is -2.17. The van der Waals surface area contributed by atoms with Crippen LogP contribution in [0.5, 0.6) is 0 Å². The van der Waals surface area contributed by atoms with E-state index in [1.807, 2.05) is 13.8 Å². The number of aromatic nitrogens is 3. The van der Waals surface area contributed by atoms with Crippen molar-refractivity contribution in [3.05, 3.63) is 5.82 Å². The number of hydrogen-bond donors (Lipinski definition) is 0. The molecule has 1 aromatic rings. The standard InChI is InChI=1S/C11H16ClN3O2S/c1-6(2)15-10(9-4-7-3-8(7)5-9)13-14-11(15)18(12,16)17/h6-9H,3-5H2,1-2H3. The van der Waals surface area contributed by atoms with Gasteiger partial charge in [-0.15, -0.1) is 10.2 Å². The van der Waals surface area contributed by atoms with Crippen molar-refractivity contribution in [2.75, 3.05) is 0 Å². The quantitative estimate of drug-likeness (QED) is 0.801. The Morgan fingerprint density at radius 1 is 1.22 bits per heavy atom. The zero-order valence-corrected chi connectivity index (χ0v) is 11.9. The smallest absolute Gasteiger partial charge is 0.296 e. The van der Waals surface area contributed by atoms with Crippen LogP contribution < -0.4 is 0 Å². The Labute approximate surface area is 111 Å². The van der Waals surface area contributed by atoms with Crippen molar-refractivity contribution in [2.45, 2.75) is 50.2 Å². The first-order valence-corrected chi connectivity index (χ1v) is 8.58. The maximum absolute atomic E-state index is 11.5. The molecule has 0 bridgehead atoms. The molecule has 7 heteroatoms. The number of fused-ring (bicyclic) bond motifs is 1. The third kappa shape index (κ3) is 1.95. The Morgan fingerprint density at radius 2 is 1.83 bits per heavy atom. The van der Waals surface area contributed by atoms with Gasteiger partial charge in [0.15, 0.2) is 0 Å². The molecule has 2 aliphatic carbocycles. The van der Waals surface area contributed by atoms with Gasteiger partial charge in [-0.1, -0.05) is 0 Å². The van der Waals surface area contributed by atoms with Gasteiger partial charge in [-0.05, 0) is 44.9 Å². The van der Waals surface area contributed by atoms with Crippen LogP contribution in [0.1, 0.15) is 50.9 Å². The molecule has 100 valence electrons. The fraction of sp³-hybridized carbons (Fsp3) is 0.818. The van der Waals surface area contributed by atoms with Crippen molar-refractivity contribution in [2.24, 2.45) is 11.8 Å². The molecule has 0 N–H and O–H groups in total. The van der Waals surface area contributed by atoms with Gasteiger partial charge in [-0.3, -0.25) is 4.57 Å². The minimum Gasteiger partial charge on any atom is -0.298 e. The van der Waals surface area contributed by atoms with E-state index >= 15 is 0 Å². The average Bonchev–Trinajstić information content (AvgIpc) is 2.76. The summed E-state index contributed by atoms with van der Waals surface area (Å²) in [6.45, 7) is 3.85. The van der Waals surface area contributed by atoms with Crippen LogP contribution in [0, 0.1) is 11.8 Å². The third-order valence-corrected chi connectivity index (χ3v) is 5.16. The Hall–Kier alpha value is -0.620. The maximum atomic E-state index is 11.5. The molecule has 2 saturated carbocycles. The molecule has 2 unspecified atom stereocenters. The van der Waals surface area contributed by atoms with Gasteiger partial charge in [0, 0.05) is 22.6 Å². The highest BCUT2D eigenvalue weighted by Crippen LogP contribution is 2.57. The van der Waals surface area contributed by atoms with E-state index in [9.17, 15) is 8.42 Å². The van der Waals surface area contributed by atoms with Crippen LogP contribution in [0.3, 0.4) is 0 Å². The van der Waals surface area contributed by atoms with Crippen molar-refractivity contribution >= 4 is 19.7 Å². The molecule has 2 fully saturated rings. The van der Waals surface area contributed by atoms with Gasteiger partial charge in [0.25, 0.3) is 14.2 Å². The molecule has 1 aromatic heterocycles. The highest BCUT2D eigenvalue weighted by Gasteiger charge is 2.48. The van der Waals surface area contributed by atoms with Gasteiger partial charge >= 0.3 is 0 Å². The Kier molecular flexibility index (Phi) is 2.71. The van der Waals surface area contributed by atoms with Gasteiger partial charge < -0.3 is 0 Å². The minimum atomic E-state index is -3.83. The summed E-state index contributed by atoms with van der Waals surface area (Å²) in [5, 5.41) is 7.76. The van der Waals surface area contributed by atoms with E-state index in [2.05, 4.69) is 10.2 Å². The monoisotopic (exact) mass is 289 g/mol. The van der Waals surface area contributed by atoms with Crippen molar-refractivity contribution in [3.63, 3.8) is 0 Å². The first kappa shape index (κ1) is 12.4. The molecule has 0 aliphatic heterocycles. The van der Waals surface area contributed by atoms with E-state index in [-0.39, 0.29) is 11.2 Å². The molecule has 0 aromatic carbocycles. The summed E-state index contributed by atoms with van der Waals surface area (Å²) in [7, 11) is 1.59. The molecule has 0 radical (unpaired) electrons. The van der Waals surface area contributed by atoms with Crippen molar-refractivity contribution < 1.29 is 8.42 Å². The molecule has 0 spiro atoms. The molecule has 0 amide bonds. The summed E-state index contributed by atoms with van der Waals surface area (Å²) in [6, 6.07) is -0.00421. The lowest BCUT2D eigenvalue weighted by Crippen LogP contribution is -2.14. The Morgan fingerprint density at radius 3 is 2.33 bits per heavy atom. The Balaban J connectivity index is 2.02. The molecule has 1 heterocycles. The van der Waals surface area contributed by atoms with Gasteiger partial charge in [0.1, 0.15) is 5.82 Å². The van der Waals surface area contributed by atoms with Crippen molar-refractivity contribution in [1.29, 1.82) is 0 Å². The van der Waals surface area contributed by atoms with Crippen LogP contribution in [0.4, 0.5) is 0 Å². The van der Waals surface area contributed by atoms with Crippen LogP contribution >= 0.6 is 10.7 Å². The summed E-state index contributed by atoms with van der Waals surface area (Å²) in [4.78, 5) is 0. The van der Waals surface area contributed by atoms with Crippen molar-refractivity contribution in [3.8, 4) is 0 Å². The molecular formula is C11H16ClN3O2S. The first-order valence-electron chi connectivity index (χ1n) is 6.27. The van der Waals surface area contributed by atoms with Crippen LogP contribution in [0.2, 0.25) is 0 Å². The maximum Gasteiger partial charge on any atom is 0.296 e. The molecule has 0 saturated heterocycles. The first-order chi connectivity index (χ1) is 8.38. The predicted octanol–water partition coefficient (Wildman–Crippen LogP) is 2.30. The fourth-order valence-corrected chi connectivity index (χ4v) is 4.14. The number of hydrogen-bond acceptors (Lipinski definition) is 4. The average molecular weight is 290 g/mol. The van der Waals surface area contributed by atoms with Crippen LogP contribution in [0.15, 0.2) is 5.16 Å². The van der Waals surface area contributed by atoms with Gasteiger partial charge in [-0.2, -0.15) is 0 Å². The van der Waals surface area contributed by atoms with Gasteiger partial charge in [0.05, 0.1) is 0 Å². The normalized spacial score (nSPS) is 30.8. The van der Waals surface area contributed by atoms with Gasteiger partial charge in [0.2, 0.25) is 0 Å². The zero-order chi connectivity index (χ0) is 13.1. The second kappa shape index (κ2) is 3.93. The molecule has 3 rings (SSSR count). The lowest BCUT2D eigenvalue weighted by atomic mass is 10.0. The summed E-state index contributed by atoms with van der Waals surface area (Å²) in [6.07, 6.45) is 3.54. The predicted molar refractivity (Wildman–Crippen MR) is 67.0 cm³/mol. The van der Waals surface area contributed by atoms with E-state index in [1.165, 1.54) is 6.42 Å². The summed E-state index contributed by atoms with van der Waals surface area (Å²) < 4.78 is 24.7. The highest BCUT2D eigenvalue weighted by atomic mass is 35.7. The van der Waals surface area contributed by atoms with E-state index in [1.54, 1.807) is 4.57 Å². The van der Waals surface area contributed by atoms with E-state index in [0.717, 1.165) is 30.5 Å².